The molecule has 0 bridgehead atoms. The first-order valence-corrected chi connectivity index (χ1v) is 13.8. The Morgan fingerprint density at radius 2 is 1.84 bits per heavy atom. The lowest BCUT2D eigenvalue weighted by atomic mass is 9.98. The Labute approximate surface area is 244 Å². The molecule has 0 amide bonds. The molecule has 10 nitrogen and oxygen atoms in total. The van der Waals surface area contributed by atoms with Gasteiger partial charge in [-0.15, -0.1) is 0 Å². The summed E-state index contributed by atoms with van der Waals surface area (Å²) in [5, 5.41) is 15.4. The van der Waals surface area contributed by atoms with Crippen LogP contribution in [0.15, 0.2) is 71.8 Å². The predicted molar refractivity (Wildman–Crippen MR) is 155 cm³/mol. The number of carbonyl (C=O) groups is 1. The number of pyridine rings is 1. The van der Waals surface area contributed by atoms with Crippen molar-refractivity contribution in [3.05, 3.63) is 100 Å². The summed E-state index contributed by atoms with van der Waals surface area (Å²) in [4.78, 5) is 30.3. The number of fused-ring (bicyclic) bond motifs is 1. The fraction of sp³-hybridized carbons (Fsp3) is 0.258. The second-order valence-electron chi connectivity index (χ2n) is 10.6. The minimum Gasteiger partial charge on any atom is -0.453 e. The number of hydrogen-bond acceptors (Lipinski definition) is 8. The van der Waals surface area contributed by atoms with Crippen LogP contribution in [0.1, 0.15) is 41.6 Å². The van der Waals surface area contributed by atoms with Crippen molar-refractivity contribution in [3.63, 3.8) is 0 Å². The summed E-state index contributed by atoms with van der Waals surface area (Å²) in [6.07, 6.45) is 6.64. The molecule has 0 saturated heterocycles. The van der Waals surface area contributed by atoms with Crippen molar-refractivity contribution in [1.82, 2.24) is 25.0 Å². The van der Waals surface area contributed by atoms with Gasteiger partial charge in [0.1, 0.15) is 17.0 Å². The number of methoxy groups -OCH3 is 1. The molecule has 0 aliphatic heterocycles. The summed E-state index contributed by atoms with van der Waals surface area (Å²) in [5.74, 6) is -0.813. The number of nitrogens with one attached hydrogen (secondary N) is 2. The number of aromatic amines is 1. The molecule has 0 radical (unpaired) electrons. The van der Waals surface area contributed by atoms with E-state index in [4.69, 9.17) is 9.47 Å². The standard InChI is InChI=1S/C31H28F2N6O4/c1-42-18-31(12-2-3-13-31)36-29-27-26(11-14-34-28(27)37-38-29)43-25-9-4-19(16-23(25)33)17-24(40)22-10-15-35-39(30(22)41)21-7-5-20(32)6-8-21/h4-11,14-16H,2-3,12-13,17-18H2,1H3,(H2,34,36,37,38). The van der Waals surface area contributed by atoms with E-state index in [0.717, 1.165) is 30.4 Å². The van der Waals surface area contributed by atoms with Crippen LogP contribution in [0.25, 0.3) is 16.7 Å². The highest BCUT2D eigenvalue weighted by Gasteiger charge is 2.35. The number of H-pyrrole nitrogens is 1. The average Bonchev–Trinajstić information content (AvgIpc) is 3.63. The van der Waals surface area contributed by atoms with E-state index in [2.05, 4.69) is 25.6 Å². The molecule has 3 aromatic heterocycles. The Bertz CT molecular complexity index is 1850. The van der Waals surface area contributed by atoms with E-state index in [-0.39, 0.29) is 23.3 Å². The fourth-order valence-corrected chi connectivity index (χ4v) is 5.51. The third-order valence-electron chi connectivity index (χ3n) is 7.59. The molecule has 1 aliphatic carbocycles. The summed E-state index contributed by atoms with van der Waals surface area (Å²) in [6, 6.07) is 12.3. The van der Waals surface area contributed by atoms with Crippen LogP contribution in [-0.2, 0) is 11.2 Å². The van der Waals surface area contributed by atoms with Crippen molar-refractivity contribution >= 4 is 22.6 Å². The first kappa shape index (κ1) is 28.2. The van der Waals surface area contributed by atoms with E-state index in [9.17, 15) is 14.0 Å². The number of benzene rings is 2. The average molecular weight is 587 g/mol. The zero-order valence-corrected chi connectivity index (χ0v) is 23.3. The lowest BCUT2D eigenvalue weighted by Crippen LogP contribution is -2.40. The minimum atomic E-state index is -0.682. The maximum atomic E-state index is 15.3. The van der Waals surface area contributed by atoms with Crippen LogP contribution >= 0.6 is 0 Å². The maximum absolute atomic E-state index is 15.3. The second kappa shape index (κ2) is 11.7. The number of anilines is 1. The Morgan fingerprint density at radius 3 is 2.58 bits per heavy atom. The molecule has 6 rings (SSSR count). The summed E-state index contributed by atoms with van der Waals surface area (Å²) in [5.41, 5.74) is 0.111. The predicted octanol–water partition coefficient (Wildman–Crippen LogP) is 5.37. The van der Waals surface area contributed by atoms with Crippen LogP contribution in [-0.4, -0.2) is 50.0 Å². The van der Waals surface area contributed by atoms with E-state index in [1.165, 1.54) is 48.7 Å². The third kappa shape index (κ3) is 5.73. The number of hydrogen-bond donors (Lipinski definition) is 2. The number of rotatable bonds is 10. The summed E-state index contributed by atoms with van der Waals surface area (Å²) in [6.45, 7) is 0.520. The van der Waals surface area contributed by atoms with Crippen molar-refractivity contribution in [2.45, 2.75) is 37.6 Å². The summed E-state index contributed by atoms with van der Waals surface area (Å²) >= 11 is 0. The number of halogens is 2. The fourth-order valence-electron chi connectivity index (χ4n) is 5.51. The van der Waals surface area contributed by atoms with Crippen molar-refractivity contribution in [3.8, 4) is 17.2 Å². The van der Waals surface area contributed by atoms with Gasteiger partial charge in [0.2, 0.25) is 0 Å². The molecule has 220 valence electrons. The zero-order valence-electron chi connectivity index (χ0n) is 23.3. The van der Waals surface area contributed by atoms with Gasteiger partial charge in [0.15, 0.2) is 28.8 Å². The van der Waals surface area contributed by atoms with Crippen LogP contribution in [0.5, 0.6) is 11.5 Å². The molecule has 1 fully saturated rings. The smallest absolute Gasteiger partial charge is 0.282 e. The first-order chi connectivity index (χ1) is 20.9. The Balaban J connectivity index is 1.22. The number of aromatic nitrogens is 5. The molecular weight excluding hydrogens is 558 g/mol. The molecule has 2 aromatic carbocycles. The van der Waals surface area contributed by atoms with Gasteiger partial charge in [-0.2, -0.15) is 14.9 Å². The Morgan fingerprint density at radius 1 is 1.05 bits per heavy atom. The van der Waals surface area contributed by atoms with Crippen molar-refractivity contribution < 1.29 is 23.0 Å². The van der Waals surface area contributed by atoms with Gasteiger partial charge in [0.05, 0.1) is 23.4 Å². The molecule has 2 N–H and O–H groups in total. The number of ether oxygens (including phenoxy) is 2. The quantitative estimate of drug-likeness (QED) is 0.209. The van der Waals surface area contributed by atoms with Crippen LogP contribution in [0, 0.1) is 11.6 Å². The monoisotopic (exact) mass is 586 g/mol. The van der Waals surface area contributed by atoms with Crippen LogP contribution < -0.4 is 15.6 Å². The van der Waals surface area contributed by atoms with Gasteiger partial charge in [-0.3, -0.25) is 14.7 Å². The molecule has 0 atom stereocenters. The minimum absolute atomic E-state index is 0.0501. The largest absolute Gasteiger partial charge is 0.453 e. The highest BCUT2D eigenvalue weighted by molar-refractivity contribution is 5.97. The molecular formula is C31H28F2N6O4. The molecule has 5 aromatic rings. The first-order valence-electron chi connectivity index (χ1n) is 13.8. The summed E-state index contributed by atoms with van der Waals surface area (Å²) < 4.78 is 41.1. The molecule has 1 saturated carbocycles. The van der Waals surface area contributed by atoms with E-state index >= 15 is 4.39 Å². The lowest BCUT2D eigenvalue weighted by molar-refractivity contribution is 0.0991. The number of ketones is 1. The number of nitrogens with zero attached hydrogens (tertiary/aromatic N) is 4. The molecule has 0 spiro atoms. The lowest BCUT2D eigenvalue weighted by Gasteiger charge is -2.29. The van der Waals surface area contributed by atoms with Gasteiger partial charge in [0.25, 0.3) is 5.56 Å². The van der Waals surface area contributed by atoms with E-state index in [0.29, 0.717) is 40.5 Å². The van der Waals surface area contributed by atoms with Gasteiger partial charge in [-0.1, -0.05) is 18.9 Å². The van der Waals surface area contributed by atoms with Gasteiger partial charge in [-0.25, -0.2) is 13.8 Å². The van der Waals surface area contributed by atoms with Gasteiger partial charge in [0, 0.05) is 32.0 Å². The second-order valence-corrected chi connectivity index (χ2v) is 10.6. The SMILES string of the molecule is COCC1(Nc2n[nH]c3nccc(Oc4ccc(CC(=O)c5ccnn(-c6ccc(F)cc6)c5=O)cc4F)c23)CCCC1. The molecule has 3 heterocycles. The molecule has 1 aliphatic rings. The highest BCUT2D eigenvalue weighted by atomic mass is 19.1. The molecule has 12 heteroatoms. The van der Waals surface area contributed by atoms with Gasteiger partial charge in [-0.05, 0) is 60.9 Å². The number of Topliss-reactive ketones (excluding diaryl/α,β-unsaturated/α-hetero) is 1. The molecule has 43 heavy (non-hydrogen) atoms. The number of carbonyl (C=O) groups excluding carboxylic acids is 1. The van der Waals surface area contributed by atoms with Crippen molar-refractivity contribution in [1.29, 1.82) is 0 Å². The van der Waals surface area contributed by atoms with Crippen molar-refractivity contribution in [2.75, 3.05) is 19.0 Å². The van der Waals surface area contributed by atoms with Crippen LogP contribution in [0.3, 0.4) is 0 Å². The highest BCUT2D eigenvalue weighted by Crippen LogP contribution is 2.38. The van der Waals surface area contributed by atoms with Gasteiger partial charge >= 0.3 is 0 Å². The van der Waals surface area contributed by atoms with Crippen molar-refractivity contribution in [2.24, 2.45) is 0 Å². The maximum Gasteiger partial charge on any atom is 0.282 e. The van der Waals surface area contributed by atoms with Crippen LogP contribution in [0.2, 0.25) is 0 Å². The normalized spacial score (nSPS) is 14.2. The molecule has 0 unspecified atom stereocenters. The van der Waals surface area contributed by atoms with E-state index in [1.807, 2.05) is 0 Å². The Kier molecular flexibility index (Phi) is 7.68. The third-order valence-corrected chi connectivity index (χ3v) is 7.59. The Hall–Kier alpha value is -4.97. The van der Waals surface area contributed by atoms with E-state index in [1.54, 1.807) is 25.4 Å². The zero-order chi connectivity index (χ0) is 30.0. The van der Waals surface area contributed by atoms with Gasteiger partial charge < -0.3 is 14.8 Å². The van der Waals surface area contributed by atoms with E-state index < -0.39 is 23.0 Å². The topological polar surface area (TPSA) is 124 Å². The summed E-state index contributed by atoms with van der Waals surface area (Å²) in [7, 11) is 1.67. The van der Waals surface area contributed by atoms with Crippen LogP contribution in [0.4, 0.5) is 14.6 Å².